The van der Waals surface area contributed by atoms with Crippen molar-refractivity contribution in [2.75, 3.05) is 6.54 Å². The zero-order valence-electron chi connectivity index (χ0n) is 12.6. The molecule has 0 aliphatic carbocycles. The lowest BCUT2D eigenvalue weighted by Crippen LogP contribution is -2.33. The van der Waals surface area contributed by atoms with Crippen LogP contribution in [0.25, 0.3) is 0 Å². The maximum atomic E-state index is 3.72. The van der Waals surface area contributed by atoms with E-state index < -0.39 is 0 Å². The Kier molecular flexibility index (Phi) is 10.6. The molecule has 0 aliphatic rings. The van der Waals surface area contributed by atoms with E-state index in [1.807, 2.05) is 0 Å². The summed E-state index contributed by atoms with van der Waals surface area (Å²) < 4.78 is 0. The van der Waals surface area contributed by atoms with Crippen LogP contribution in [0.2, 0.25) is 0 Å². The molecule has 0 amide bonds. The molecule has 1 nitrogen and oxygen atoms in total. The molecule has 17 heavy (non-hydrogen) atoms. The predicted molar refractivity (Wildman–Crippen MR) is 79.4 cm³/mol. The van der Waals surface area contributed by atoms with Crippen LogP contribution in [0.4, 0.5) is 0 Å². The maximum absolute atomic E-state index is 3.72. The first-order chi connectivity index (χ1) is 8.06. The summed E-state index contributed by atoms with van der Waals surface area (Å²) in [5.41, 5.74) is 0. The second-order valence-electron chi connectivity index (χ2n) is 5.94. The van der Waals surface area contributed by atoms with Gasteiger partial charge in [0.1, 0.15) is 0 Å². The molecule has 0 radical (unpaired) electrons. The van der Waals surface area contributed by atoms with Crippen LogP contribution in [0.5, 0.6) is 0 Å². The molecule has 0 heterocycles. The van der Waals surface area contributed by atoms with Crippen molar-refractivity contribution >= 4 is 0 Å². The summed E-state index contributed by atoms with van der Waals surface area (Å²) in [5.74, 6) is 1.55. The maximum Gasteiger partial charge on any atom is 0.00697 e. The fourth-order valence-electron chi connectivity index (χ4n) is 2.04. The van der Waals surface area contributed by atoms with E-state index in [1.54, 1.807) is 0 Å². The lowest BCUT2D eigenvalue weighted by atomic mass is 9.98. The molecule has 1 N–H and O–H groups in total. The van der Waals surface area contributed by atoms with Gasteiger partial charge in [0.05, 0.1) is 0 Å². The Morgan fingerprint density at radius 1 is 1.00 bits per heavy atom. The fraction of sp³-hybridized carbons (Fsp3) is 0.875. The van der Waals surface area contributed by atoms with Crippen molar-refractivity contribution in [2.45, 2.75) is 72.8 Å². The Bertz CT molecular complexity index is 182. The zero-order valence-corrected chi connectivity index (χ0v) is 12.6. The molecule has 0 fully saturated rings. The van der Waals surface area contributed by atoms with E-state index in [0.29, 0.717) is 6.04 Å². The van der Waals surface area contributed by atoms with Gasteiger partial charge < -0.3 is 5.32 Å². The van der Waals surface area contributed by atoms with Gasteiger partial charge >= 0.3 is 0 Å². The molecular weight excluding hydrogens is 206 g/mol. The SMILES string of the molecule is CC/C=C\CCCC(CC(C)C)NCC(C)C. The third kappa shape index (κ3) is 12.0. The lowest BCUT2D eigenvalue weighted by molar-refractivity contribution is 0.373. The average Bonchev–Trinajstić information content (AvgIpc) is 2.24. The van der Waals surface area contributed by atoms with Crippen LogP contribution < -0.4 is 5.32 Å². The second-order valence-corrected chi connectivity index (χ2v) is 5.94. The van der Waals surface area contributed by atoms with Crippen molar-refractivity contribution in [3.63, 3.8) is 0 Å². The van der Waals surface area contributed by atoms with E-state index in [1.165, 1.54) is 32.1 Å². The molecule has 102 valence electrons. The number of unbranched alkanes of at least 4 members (excludes halogenated alkanes) is 1. The average molecular weight is 239 g/mol. The zero-order chi connectivity index (χ0) is 13.1. The van der Waals surface area contributed by atoms with E-state index >= 15 is 0 Å². The van der Waals surface area contributed by atoms with Gasteiger partial charge in [0.25, 0.3) is 0 Å². The highest BCUT2D eigenvalue weighted by molar-refractivity contribution is 4.81. The quantitative estimate of drug-likeness (QED) is 0.427. The van der Waals surface area contributed by atoms with Crippen LogP contribution in [0, 0.1) is 11.8 Å². The summed E-state index contributed by atoms with van der Waals surface area (Å²) in [4.78, 5) is 0. The number of nitrogens with one attached hydrogen (secondary N) is 1. The summed E-state index contributed by atoms with van der Waals surface area (Å²) in [6.45, 7) is 12.6. The van der Waals surface area contributed by atoms with Gasteiger partial charge in [-0.2, -0.15) is 0 Å². The highest BCUT2D eigenvalue weighted by atomic mass is 14.9. The van der Waals surface area contributed by atoms with Gasteiger partial charge in [0.2, 0.25) is 0 Å². The Morgan fingerprint density at radius 2 is 1.71 bits per heavy atom. The van der Waals surface area contributed by atoms with Crippen molar-refractivity contribution < 1.29 is 0 Å². The van der Waals surface area contributed by atoms with Crippen molar-refractivity contribution in [1.29, 1.82) is 0 Å². The van der Waals surface area contributed by atoms with Gasteiger partial charge in [-0.3, -0.25) is 0 Å². The van der Waals surface area contributed by atoms with Crippen LogP contribution >= 0.6 is 0 Å². The molecule has 0 aromatic heterocycles. The third-order valence-electron chi connectivity index (χ3n) is 2.90. The van der Waals surface area contributed by atoms with Gasteiger partial charge in [-0.05, 0) is 50.5 Å². The molecule has 1 unspecified atom stereocenters. The predicted octanol–water partition coefficient (Wildman–Crippen LogP) is 4.78. The van der Waals surface area contributed by atoms with Crippen LogP contribution in [0.1, 0.15) is 66.7 Å². The number of allylic oxidation sites excluding steroid dienone is 2. The van der Waals surface area contributed by atoms with Crippen molar-refractivity contribution in [2.24, 2.45) is 11.8 Å². The Hall–Kier alpha value is -0.300. The molecule has 0 saturated carbocycles. The summed E-state index contributed by atoms with van der Waals surface area (Å²) in [6.07, 6.45) is 11.0. The van der Waals surface area contributed by atoms with Gasteiger partial charge in [-0.25, -0.2) is 0 Å². The molecule has 0 aromatic rings. The topological polar surface area (TPSA) is 12.0 Å². The molecule has 1 heteroatoms. The third-order valence-corrected chi connectivity index (χ3v) is 2.90. The van der Waals surface area contributed by atoms with Gasteiger partial charge in [-0.1, -0.05) is 46.8 Å². The van der Waals surface area contributed by atoms with E-state index in [0.717, 1.165) is 18.4 Å². The second kappa shape index (κ2) is 10.8. The minimum absolute atomic E-state index is 0.715. The Morgan fingerprint density at radius 3 is 2.24 bits per heavy atom. The lowest BCUT2D eigenvalue weighted by Gasteiger charge is -2.21. The Labute approximate surface area is 109 Å². The van der Waals surface area contributed by atoms with Crippen molar-refractivity contribution in [3.8, 4) is 0 Å². The van der Waals surface area contributed by atoms with Crippen LogP contribution in [-0.2, 0) is 0 Å². The van der Waals surface area contributed by atoms with E-state index in [-0.39, 0.29) is 0 Å². The number of rotatable bonds is 10. The molecule has 0 spiro atoms. The van der Waals surface area contributed by atoms with E-state index in [4.69, 9.17) is 0 Å². The molecular formula is C16H33N. The molecule has 0 bridgehead atoms. The highest BCUT2D eigenvalue weighted by Crippen LogP contribution is 2.12. The van der Waals surface area contributed by atoms with Crippen LogP contribution in [0.15, 0.2) is 12.2 Å². The van der Waals surface area contributed by atoms with Gasteiger partial charge in [0.15, 0.2) is 0 Å². The van der Waals surface area contributed by atoms with Crippen LogP contribution in [-0.4, -0.2) is 12.6 Å². The molecule has 0 aliphatic heterocycles. The van der Waals surface area contributed by atoms with Crippen molar-refractivity contribution in [1.82, 2.24) is 5.32 Å². The molecule has 1 atom stereocenters. The van der Waals surface area contributed by atoms with Gasteiger partial charge in [-0.15, -0.1) is 0 Å². The first-order valence-electron chi connectivity index (χ1n) is 7.44. The minimum Gasteiger partial charge on any atom is -0.314 e. The first-order valence-corrected chi connectivity index (χ1v) is 7.44. The van der Waals surface area contributed by atoms with Gasteiger partial charge in [0, 0.05) is 6.04 Å². The minimum atomic E-state index is 0.715. The molecule has 0 aromatic carbocycles. The standard InChI is InChI=1S/C16H33N/c1-6-7-8-9-10-11-16(12-14(2)3)17-13-15(4)5/h7-8,14-17H,6,9-13H2,1-5H3/b8-7-. The normalized spacial score (nSPS) is 14.1. The summed E-state index contributed by atoms with van der Waals surface area (Å²) in [6, 6.07) is 0.715. The highest BCUT2D eigenvalue weighted by Gasteiger charge is 2.10. The van der Waals surface area contributed by atoms with Crippen LogP contribution in [0.3, 0.4) is 0 Å². The number of hydrogen-bond donors (Lipinski definition) is 1. The Balaban J connectivity index is 3.80. The number of hydrogen-bond acceptors (Lipinski definition) is 1. The fourth-order valence-corrected chi connectivity index (χ4v) is 2.04. The summed E-state index contributed by atoms with van der Waals surface area (Å²) in [7, 11) is 0. The molecule has 0 rings (SSSR count). The van der Waals surface area contributed by atoms with E-state index in [9.17, 15) is 0 Å². The summed E-state index contributed by atoms with van der Waals surface area (Å²) >= 11 is 0. The van der Waals surface area contributed by atoms with E-state index in [2.05, 4.69) is 52.1 Å². The monoisotopic (exact) mass is 239 g/mol. The van der Waals surface area contributed by atoms with Crippen molar-refractivity contribution in [3.05, 3.63) is 12.2 Å². The first kappa shape index (κ1) is 16.7. The smallest absolute Gasteiger partial charge is 0.00697 e. The largest absolute Gasteiger partial charge is 0.314 e. The molecule has 0 saturated heterocycles. The summed E-state index contributed by atoms with van der Waals surface area (Å²) in [5, 5.41) is 3.72.